The number of para-hydroxylation sites is 1. The van der Waals surface area contributed by atoms with Crippen molar-refractivity contribution in [3.63, 3.8) is 0 Å². The van der Waals surface area contributed by atoms with Gasteiger partial charge in [-0.15, -0.1) is 0 Å². The number of benzene rings is 1. The topological polar surface area (TPSA) is 24.5 Å². The number of ether oxygens (including phenoxy) is 1. The average molecular weight is 262 g/mol. The molecule has 0 aromatic heterocycles. The van der Waals surface area contributed by atoms with Gasteiger partial charge in [0.05, 0.1) is 12.1 Å². The minimum atomic E-state index is 0.312. The number of hydrogen-bond acceptors (Lipinski definition) is 3. The SMILES string of the molecule is CCNC(C)c1ccccc1N(C)C1CCOC1C. The first kappa shape index (κ1) is 14.4. The summed E-state index contributed by atoms with van der Waals surface area (Å²) in [6.45, 7) is 8.41. The molecule has 0 aliphatic carbocycles. The van der Waals surface area contributed by atoms with Crippen molar-refractivity contribution in [2.24, 2.45) is 0 Å². The van der Waals surface area contributed by atoms with Crippen molar-refractivity contribution in [1.82, 2.24) is 5.32 Å². The molecule has 1 aliphatic heterocycles. The Morgan fingerprint density at radius 2 is 2.16 bits per heavy atom. The number of nitrogens with one attached hydrogen (secondary N) is 1. The van der Waals surface area contributed by atoms with E-state index in [0.29, 0.717) is 18.2 Å². The molecule has 0 saturated carbocycles. The van der Waals surface area contributed by atoms with E-state index in [0.717, 1.165) is 19.6 Å². The van der Waals surface area contributed by atoms with Gasteiger partial charge in [0.25, 0.3) is 0 Å². The number of anilines is 1. The fourth-order valence-electron chi connectivity index (χ4n) is 3.00. The summed E-state index contributed by atoms with van der Waals surface area (Å²) in [6, 6.07) is 9.54. The third kappa shape index (κ3) is 3.10. The third-order valence-corrected chi connectivity index (χ3v) is 4.13. The Morgan fingerprint density at radius 1 is 1.42 bits per heavy atom. The zero-order valence-corrected chi connectivity index (χ0v) is 12.5. The number of hydrogen-bond donors (Lipinski definition) is 1. The third-order valence-electron chi connectivity index (χ3n) is 4.13. The summed E-state index contributed by atoms with van der Waals surface area (Å²) in [4.78, 5) is 2.39. The zero-order valence-electron chi connectivity index (χ0n) is 12.5. The molecule has 19 heavy (non-hydrogen) atoms. The molecule has 0 amide bonds. The Labute approximate surface area is 116 Å². The van der Waals surface area contributed by atoms with E-state index in [4.69, 9.17) is 4.74 Å². The molecule has 1 aliphatic rings. The monoisotopic (exact) mass is 262 g/mol. The van der Waals surface area contributed by atoms with Crippen molar-refractivity contribution < 1.29 is 4.74 Å². The summed E-state index contributed by atoms with van der Waals surface area (Å²) in [5.41, 5.74) is 2.68. The fourth-order valence-corrected chi connectivity index (χ4v) is 3.00. The highest BCUT2D eigenvalue weighted by atomic mass is 16.5. The molecule has 2 rings (SSSR count). The first-order valence-electron chi connectivity index (χ1n) is 7.32. The molecule has 1 heterocycles. The predicted molar refractivity (Wildman–Crippen MR) is 80.8 cm³/mol. The maximum absolute atomic E-state index is 5.70. The molecule has 0 bridgehead atoms. The average Bonchev–Trinajstić information content (AvgIpc) is 2.84. The molecule has 0 radical (unpaired) electrons. The smallest absolute Gasteiger partial charge is 0.0750 e. The molecule has 1 N–H and O–H groups in total. The van der Waals surface area contributed by atoms with Gasteiger partial charge >= 0.3 is 0 Å². The van der Waals surface area contributed by atoms with Gasteiger partial charge in [0.1, 0.15) is 0 Å². The van der Waals surface area contributed by atoms with Gasteiger partial charge in [-0.2, -0.15) is 0 Å². The van der Waals surface area contributed by atoms with Gasteiger partial charge in [0.2, 0.25) is 0 Å². The molecule has 0 spiro atoms. The molecule has 3 nitrogen and oxygen atoms in total. The van der Waals surface area contributed by atoms with Crippen LogP contribution in [0.25, 0.3) is 0 Å². The Kier molecular flexibility index (Phi) is 4.83. The molecule has 1 saturated heterocycles. The number of rotatable bonds is 5. The molecule has 1 fully saturated rings. The second kappa shape index (κ2) is 6.40. The summed E-state index contributed by atoms with van der Waals surface area (Å²) in [5.74, 6) is 0. The molecular weight excluding hydrogens is 236 g/mol. The van der Waals surface area contributed by atoms with E-state index in [1.807, 2.05) is 0 Å². The van der Waals surface area contributed by atoms with Gasteiger partial charge in [0, 0.05) is 25.4 Å². The Balaban J connectivity index is 2.23. The van der Waals surface area contributed by atoms with Crippen LogP contribution < -0.4 is 10.2 Å². The maximum atomic E-state index is 5.70. The van der Waals surface area contributed by atoms with Crippen LogP contribution in [0.2, 0.25) is 0 Å². The number of nitrogens with zero attached hydrogens (tertiary/aromatic N) is 1. The number of likely N-dealkylation sites (N-methyl/N-ethyl adjacent to an activating group) is 1. The van der Waals surface area contributed by atoms with Crippen LogP contribution in [0.5, 0.6) is 0 Å². The minimum absolute atomic E-state index is 0.312. The zero-order chi connectivity index (χ0) is 13.8. The molecular formula is C16H26N2O. The van der Waals surface area contributed by atoms with Gasteiger partial charge in [0.15, 0.2) is 0 Å². The van der Waals surface area contributed by atoms with Gasteiger partial charge in [-0.25, -0.2) is 0 Å². The van der Waals surface area contributed by atoms with Crippen LogP contribution in [0.3, 0.4) is 0 Å². The van der Waals surface area contributed by atoms with Crippen LogP contribution in [-0.2, 0) is 4.74 Å². The quantitative estimate of drug-likeness (QED) is 0.883. The summed E-state index contributed by atoms with van der Waals surface area (Å²) >= 11 is 0. The van der Waals surface area contributed by atoms with Crippen LogP contribution in [0.4, 0.5) is 5.69 Å². The van der Waals surface area contributed by atoms with E-state index in [1.165, 1.54) is 11.3 Å². The first-order valence-corrected chi connectivity index (χ1v) is 7.32. The van der Waals surface area contributed by atoms with Gasteiger partial charge in [-0.05, 0) is 38.4 Å². The van der Waals surface area contributed by atoms with Crippen molar-refractivity contribution >= 4 is 5.69 Å². The second-order valence-electron chi connectivity index (χ2n) is 5.38. The Bertz CT molecular complexity index is 407. The molecule has 3 heteroatoms. The van der Waals surface area contributed by atoms with E-state index in [1.54, 1.807) is 0 Å². The van der Waals surface area contributed by atoms with E-state index >= 15 is 0 Å². The highest BCUT2D eigenvalue weighted by Crippen LogP contribution is 2.30. The lowest BCUT2D eigenvalue weighted by atomic mass is 10.0. The van der Waals surface area contributed by atoms with E-state index < -0.39 is 0 Å². The van der Waals surface area contributed by atoms with Crippen LogP contribution in [0, 0.1) is 0 Å². The van der Waals surface area contributed by atoms with Crippen LogP contribution in [-0.4, -0.2) is 32.3 Å². The molecule has 106 valence electrons. The molecule has 1 aromatic carbocycles. The highest BCUT2D eigenvalue weighted by Gasteiger charge is 2.29. The van der Waals surface area contributed by atoms with E-state index in [-0.39, 0.29) is 0 Å². The van der Waals surface area contributed by atoms with Crippen LogP contribution in [0.1, 0.15) is 38.8 Å². The summed E-state index contributed by atoms with van der Waals surface area (Å²) in [6.07, 6.45) is 1.43. The molecule has 1 aromatic rings. The Hall–Kier alpha value is -1.06. The molecule has 3 unspecified atom stereocenters. The largest absolute Gasteiger partial charge is 0.376 e. The highest BCUT2D eigenvalue weighted by molar-refractivity contribution is 5.55. The van der Waals surface area contributed by atoms with Gasteiger partial charge in [-0.3, -0.25) is 0 Å². The van der Waals surface area contributed by atoms with Gasteiger partial charge in [-0.1, -0.05) is 25.1 Å². The van der Waals surface area contributed by atoms with Crippen LogP contribution >= 0.6 is 0 Å². The van der Waals surface area contributed by atoms with Crippen molar-refractivity contribution in [1.29, 1.82) is 0 Å². The van der Waals surface area contributed by atoms with E-state index in [9.17, 15) is 0 Å². The van der Waals surface area contributed by atoms with Crippen LogP contribution in [0.15, 0.2) is 24.3 Å². The molecule has 3 atom stereocenters. The lowest BCUT2D eigenvalue weighted by Gasteiger charge is -2.32. The normalized spacial score (nSPS) is 24.4. The minimum Gasteiger partial charge on any atom is -0.376 e. The van der Waals surface area contributed by atoms with Crippen molar-refractivity contribution in [2.75, 3.05) is 25.1 Å². The predicted octanol–water partition coefficient (Wildman–Crippen LogP) is 2.97. The lowest BCUT2D eigenvalue weighted by molar-refractivity contribution is 0.118. The van der Waals surface area contributed by atoms with Crippen molar-refractivity contribution in [2.45, 2.75) is 45.4 Å². The van der Waals surface area contributed by atoms with Crippen molar-refractivity contribution in [3.8, 4) is 0 Å². The van der Waals surface area contributed by atoms with Gasteiger partial charge < -0.3 is 15.0 Å². The fraction of sp³-hybridized carbons (Fsp3) is 0.625. The Morgan fingerprint density at radius 3 is 2.79 bits per heavy atom. The first-order chi connectivity index (χ1) is 9.15. The van der Waals surface area contributed by atoms with Crippen molar-refractivity contribution in [3.05, 3.63) is 29.8 Å². The lowest BCUT2D eigenvalue weighted by Crippen LogP contribution is -2.37. The van der Waals surface area contributed by atoms with E-state index in [2.05, 4.69) is 62.3 Å². The summed E-state index contributed by atoms with van der Waals surface area (Å²) < 4.78 is 5.70. The standard InChI is InChI=1S/C16H26N2O/c1-5-17-12(2)14-8-6-7-9-16(14)18(4)15-10-11-19-13(15)3/h6-9,12-13,15,17H,5,10-11H2,1-4H3. The summed E-state index contributed by atoms with van der Waals surface area (Å²) in [5, 5.41) is 3.50. The second-order valence-corrected chi connectivity index (χ2v) is 5.38. The summed E-state index contributed by atoms with van der Waals surface area (Å²) in [7, 11) is 2.19. The maximum Gasteiger partial charge on any atom is 0.0750 e.